The van der Waals surface area contributed by atoms with Gasteiger partial charge in [-0.1, -0.05) is 17.7 Å². The van der Waals surface area contributed by atoms with E-state index in [0.717, 1.165) is 41.5 Å². The summed E-state index contributed by atoms with van der Waals surface area (Å²) in [7, 11) is 0. The molecule has 8 nitrogen and oxygen atoms in total. The lowest BCUT2D eigenvalue weighted by Crippen LogP contribution is -2.51. The maximum atomic E-state index is 12.5. The Balaban J connectivity index is 1.27. The molecule has 0 unspecified atom stereocenters. The second kappa shape index (κ2) is 8.84. The van der Waals surface area contributed by atoms with Crippen molar-refractivity contribution in [1.82, 2.24) is 29.7 Å². The molecule has 0 saturated carbocycles. The van der Waals surface area contributed by atoms with Crippen LogP contribution in [0, 0.1) is 6.92 Å². The molecule has 8 heteroatoms. The van der Waals surface area contributed by atoms with Crippen LogP contribution in [-0.4, -0.2) is 56.5 Å². The van der Waals surface area contributed by atoms with Crippen LogP contribution in [0.2, 0.25) is 0 Å². The Kier molecular flexibility index (Phi) is 5.60. The number of nitrogens with zero attached hydrogens (tertiary/aromatic N) is 5. The SMILES string of the molecule is Cc1ccc(-n2c(CN3CCN(C(=O)NCc4ccco4)CC3)nc3cccnc32)cc1. The number of amides is 2. The highest BCUT2D eigenvalue weighted by Gasteiger charge is 2.23. The molecule has 5 rings (SSSR count). The first-order chi connectivity index (χ1) is 15.7. The summed E-state index contributed by atoms with van der Waals surface area (Å²) in [6.07, 6.45) is 3.41. The largest absolute Gasteiger partial charge is 0.467 e. The van der Waals surface area contributed by atoms with Gasteiger partial charge in [0.15, 0.2) is 5.65 Å². The number of piperazine rings is 1. The molecule has 0 aliphatic carbocycles. The first-order valence-corrected chi connectivity index (χ1v) is 10.8. The number of carbonyl (C=O) groups is 1. The summed E-state index contributed by atoms with van der Waals surface area (Å²) in [5, 5.41) is 2.92. The molecule has 4 aromatic rings. The van der Waals surface area contributed by atoms with E-state index in [2.05, 4.69) is 51.0 Å². The van der Waals surface area contributed by atoms with Crippen molar-refractivity contribution < 1.29 is 9.21 Å². The minimum Gasteiger partial charge on any atom is -0.467 e. The van der Waals surface area contributed by atoms with Crippen LogP contribution in [-0.2, 0) is 13.1 Å². The number of hydrogen-bond acceptors (Lipinski definition) is 5. The van der Waals surface area contributed by atoms with Gasteiger partial charge in [-0.15, -0.1) is 0 Å². The number of hydrogen-bond donors (Lipinski definition) is 1. The van der Waals surface area contributed by atoms with E-state index >= 15 is 0 Å². The number of aryl methyl sites for hydroxylation is 1. The molecule has 1 N–H and O–H groups in total. The number of pyridine rings is 1. The molecule has 1 aliphatic rings. The fourth-order valence-electron chi connectivity index (χ4n) is 4.03. The minimum atomic E-state index is -0.0582. The molecule has 3 aromatic heterocycles. The Labute approximate surface area is 186 Å². The van der Waals surface area contributed by atoms with Gasteiger partial charge >= 0.3 is 6.03 Å². The van der Waals surface area contributed by atoms with Crippen molar-refractivity contribution in [2.75, 3.05) is 26.2 Å². The molecule has 0 atom stereocenters. The third-order valence-corrected chi connectivity index (χ3v) is 5.80. The van der Waals surface area contributed by atoms with Gasteiger partial charge in [0.25, 0.3) is 0 Å². The van der Waals surface area contributed by atoms with Crippen LogP contribution in [0.4, 0.5) is 4.79 Å². The monoisotopic (exact) mass is 430 g/mol. The van der Waals surface area contributed by atoms with Crippen LogP contribution in [0.25, 0.3) is 16.9 Å². The number of benzene rings is 1. The second-order valence-corrected chi connectivity index (χ2v) is 8.05. The summed E-state index contributed by atoms with van der Waals surface area (Å²) in [5.41, 5.74) is 4.03. The third-order valence-electron chi connectivity index (χ3n) is 5.80. The van der Waals surface area contributed by atoms with E-state index in [9.17, 15) is 4.79 Å². The maximum Gasteiger partial charge on any atom is 0.317 e. The minimum absolute atomic E-state index is 0.0582. The Morgan fingerprint density at radius 1 is 1.06 bits per heavy atom. The first-order valence-electron chi connectivity index (χ1n) is 10.8. The lowest BCUT2D eigenvalue weighted by atomic mass is 10.2. The van der Waals surface area contributed by atoms with Gasteiger partial charge in [0.05, 0.1) is 19.4 Å². The number of urea groups is 1. The Morgan fingerprint density at radius 2 is 1.88 bits per heavy atom. The van der Waals surface area contributed by atoms with Gasteiger partial charge in [0.2, 0.25) is 0 Å². The maximum absolute atomic E-state index is 12.5. The highest BCUT2D eigenvalue weighted by atomic mass is 16.3. The van der Waals surface area contributed by atoms with Crippen LogP contribution < -0.4 is 5.32 Å². The number of furan rings is 1. The van der Waals surface area contributed by atoms with Gasteiger partial charge in [-0.3, -0.25) is 9.47 Å². The van der Waals surface area contributed by atoms with E-state index in [0.29, 0.717) is 26.2 Å². The zero-order chi connectivity index (χ0) is 21.9. The predicted octanol–water partition coefficient (Wildman–Crippen LogP) is 3.35. The van der Waals surface area contributed by atoms with Gasteiger partial charge in [0.1, 0.15) is 17.1 Å². The standard InChI is InChI=1S/C24H26N6O2/c1-18-6-8-19(9-7-18)30-22(27-21-5-2-10-25-23(21)30)17-28-11-13-29(14-12-28)24(31)26-16-20-4-3-15-32-20/h2-10,15H,11-14,16-17H2,1H3,(H,26,31). The van der Waals surface area contributed by atoms with Crippen molar-refractivity contribution in [2.45, 2.75) is 20.0 Å². The summed E-state index contributed by atoms with van der Waals surface area (Å²) in [6.45, 7) is 6.11. The quantitative estimate of drug-likeness (QED) is 0.525. The number of aromatic nitrogens is 3. The predicted molar refractivity (Wildman–Crippen MR) is 121 cm³/mol. The molecule has 0 radical (unpaired) electrons. The van der Waals surface area contributed by atoms with Crippen molar-refractivity contribution in [2.24, 2.45) is 0 Å². The molecule has 2 amide bonds. The molecule has 1 aliphatic heterocycles. The lowest BCUT2D eigenvalue weighted by molar-refractivity contribution is 0.132. The number of carbonyl (C=O) groups excluding carboxylic acids is 1. The van der Waals surface area contributed by atoms with E-state index in [-0.39, 0.29) is 6.03 Å². The average Bonchev–Trinajstić information content (AvgIpc) is 3.46. The van der Waals surface area contributed by atoms with Crippen molar-refractivity contribution in [3.8, 4) is 5.69 Å². The topological polar surface area (TPSA) is 79.4 Å². The number of rotatable bonds is 5. The Bertz CT molecular complexity index is 1190. The smallest absolute Gasteiger partial charge is 0.317 e. The van der Waals surface area contributed by atoms with E-state index < -0.39 is 0 Å². The lowest BCUT2D eigenvalue weighted by Gasteiger charge is -2.34. The Hall–Kier alpha value is -3.65. The number of fused-ring (bicyclic) bond motifs is 1. The fraction of sp³-hybridized carbons (Fsp3) is 0.292. The van der Waals surface area contributed by atoms with E-state index in [1.807, 2.05) is 29.2 Å². The van der Waals surface area contributed by atoms with Gasteiger partial charge in [-0.05, 0) is 43.3 Å². The highest BCUT2D eigenvalue weighted by Crippen LogP contribution is 2.22. The van der Waals surface area contributed by atoms with Crippen LogP contribution in [0.1, 0.15) is 17.1 Å². The van der Waals surface area contributed by atoms with Gasteiger partial charge < -0.3 is 14.6 Å². The van der Waals surface area contributed by atoms with Crippen molar-refractivity contribution in [1.29, 1.82) is 0 Å². The van der Waals surface area contributed by atoms with E-state index in [4.69, 9.17) is 9.40 Å². The molecular weight excluding hydrogens is 404 g/mol. The van der Waals surface area contributed by atoms with Gasteiger partial charge in [0, 0.05) is 38.1 Å². The van der Waals surface area contributed by atoms with Gasteiger partial charge in [-0.2, -0.15) is 0 Å². The molecule has 4 heterocycles. The molecule has 1 fully saturated rings. The summed E-state index contributed by atoms with van der Waals surface area (Å²) in [4.78, 5) is 26.1. The van der Waals surface area contributed by atoms with Crippen LogP contribution >= 0.6 is 0 Å². The molecule has 0 spiro atoms. The summed E-state index contributed by atoms with van der Waals surface area (Å²) in [5.74, 6) is 1.71. The van der Waals surface area contributed by atoms with E-state index in [1.165, 1.54) is 5.56 Å². The highest BCUT2D eigenvalue weighted by molar-refractivity contribution is 5.74. The molecule has 0 bridgehead atoms. The Morgan fingerprint density at radius 3 is 2.62 bits per heavy atom. The van der Waals surface area contributed by atoms with Crippen molar-refractivity contribution >= 4 is 17.2 Å². The molecular formula is C24H26N6O2. The first kappa shape index (κ1) is 20.3. The van der Waals surface area contributed by atoms with Crippen LogP contribution in [0.5, 0.6) is 0 Å². The summed E-state index contributed by atoms with van der Waals surface area (Å²) in [6, 6.07) is 16.0. The third kappa shape index (κ3) is 4.22. The summed E-state index contributed by atoms with van der Waals surface area (Å²) < 4.78 is 7.41. The normalized spacial score (nSPS) is 14.7. The van der Waals surface area contributed by atoms with Crippen molar-refractivity contribution in [3.63, 3.8) is 0 Å². The van der Waals surface area contributed by atoms with Crippen LogP contribution in [0.3, 0.4) is 0 Å². The van der Waals surface area contributed by atoms with Crippen LogP contribution in [0.15, 0.2) is 65.4 Å². The van der Waals surface area contributed by atoms with E-state index in [1.54, 1.807) is 12.5 Å². The zero-order valence-electron chi connectivity index (χ0n) is 18.1. The molecule has 32 heavy (non-hydrogen) atoms. The molecule has 164 valence electrons. The average molecular weight is 431 g/mol. The van der Waals surface area contributed by atoms with Crippen molar-refractivity contribution in [3.05, 3.63) is 78.1 Å². The summed E-state index contributed by atoms with van der Waals surface area (Å²) >= 11 is 0. The number of imidazole rings is 1. The fourth-order valence-corrected chi connectivity index (χ4v) is 4.03. The number of nitrogens with one attached hydrogen (secondary N) is 1. The molecule has 1 saturated heterocycles. The van der Waals surface area contributed by atoms with Gasteiger partial charge in [-0.25, -0.2) is 14.8 Å². The molecule has 1 aromatic carbocycles. The second-order valence-electron chi connectivity index (χ2n) is 8.05. The zero-order valence-corrected chi connectivity index (χ0v) is 18.1.